The van der Waals surface area contributed by atoms with Gasteiger partial charge in [0.1, 0.15) is 0 Å². The van der Waals surface area contributed by atoms with Crippen LogP contribution < -0.4 is 20.1 Å². The summed E-state index contributed by atoms with van der Waals surface area (Å²) in [7, 11) is 0. The summed E-state index contributed by atoms with van der Waals surface area (Å²) in [4.78, 5) is 23.6. The first-order valence-corrected chi connectivity index (χ1v) is 7.65. The van der Waals surface area contributed by atoms with Gasteiger partial charge >= 0.3 is 0 Å². The second-order valence-electron chi connectivity index (χ2n) is 4.74. The Morgan fingerprint density at radius 1 is 1.08 bits per heavy atom. The van der Waals surface area contributed by atoms with Gasteiger partial charge in [-0.25, -0.2) is 0 Å². The summed E-state index contributed by atoms with van der Waals surface area (Å²) in [6.07, 6.45) is 1.39. The normalized spacial score (nSPS) is 10.1. The first-order chi connectivity index (χ1) is 11.6. The molecule has 2 aromatic rings. The van der Waals surface area contributed by atoms with Gasteiger partial charge in [-0.1, -0.05) is 0 Å². The van der Waals surface area contributed by atoms with E-state index in [0.717, 1.165) is 0 Å². The molecule has 0 aliphatic carbocycles. The summed E-state index contributed by atoms with van der Waals surface area (Å²) >= 11 is 0. The first kappa shape index (κ1) is 17.4. The van der Waals surface area contributed by atoms with E-state index in [0.29, 0.717) is 30.4 Å². The molecule has 0 bridgehead atoms. The molecule has 0 atom stereocenters. The van der Waals surface area contributed by atoms with E-state index in [9.17, 15) is 9.59 Å². The van der Waals surface area contributed by atoms with Crippen LogP contribution in [0.3, 0.4) is 0 Å². The molecule has 7 nitrogen and oxygen atoms in total. The summed E-state index contributed by atoms with van der Waals surface area (Å²) in [5.74, 6) is 0.515. The molecule has 0 saturated carbocycles. The highest BCUT2D eigenvalue weighted by molar-refractivity contribution is 5.98. The van der Waals surface area contributed by atoms with Gasteiger partial charge in [0.2, 0.25) is 5.91 Å². The maximum atomic E-state index is 11.9. The molecule has 1 heterocycles. The largest absolute Gasteiger partial charge is 0.490 e. The minimum atomic E-state index is -0.447. The summed E-state index contributed by atoms with van der Waals surface area (Å²) < 4.78 is 15.9. The third-order valence-corrected chi connectivity index (χ3v) is 2.98. The van der Waals surface area contributed by atoms with Crippen LogP contribution in [0.1, 0.15) is 24.4 Å². The molecule has 24 heavy (non-hydrogen) atoms. The molecule has 0 aliphatic heterocycles. The summed E-state index contributed by atoms with van der Waals surface area (Å²) in [6.45, 7) is 4.58. The molecule has 1 aromatic heterocycles. The fraction of sp³-hybridized carbons (Fsp3) is 0.294. The van der Waals surface area contributed by atoms with Crippen molar-refractivity contribution in [3.63, 3.8) is 0 Å². The van der Waals surface area contributed by atoms with Gasteiger partial charge in [-0.2, -0.15) is 0 Å². The molecule has 2 amide bonds. The number of carbonyl (C=O) groups excluding carboxylic acids is 2. The van der Waals surface area contributed by atoms with Gasteiger partial charge in [0, 0.05) is 11.8 Å². The molecule has 0 spiro atoms. The summed E-state index contributed by atoms with van der Waals surface area (Å²) in [5, 5.41) is 5.17. The van der Waals surface area contributed by atoms with Gasteiger partial charge in [0.15, 0.2) is 17.3 Å². The Labute approximate surface area is 139 Å². The van der Waals surface area contributed by atoms with Crippen molar-refractivity contribution in [1.82, 2.24) is 5.32 Å². The second-order valence-corrected chi connectivity index (χ2v) is 4.74. The van der Waals surface area contributed by atoms with Crippen molar-refractivity contribution in [3.05, 3.63) is 42.4 Å². The Morgan fingerprint density at radius 3 is 2.50 bits per heavy atom. The molecular weight excluding hydrogens is 312 g/mol. The van der Waals surface area contributed by atoms with Crippen molar-refractivity contribution in [3.8, 4) is 11.5 Å². The van der Waals surface area contributed by atoms with Crippen LogP contribution in [0.5, 0.6) is 11.5 Å². The van der Waals surface area contributed by atoms with Crippen LogP contribution in [0, 0.1) is 0 Å². The van der Waals surface area contributed by atoms with E-state index in [2.05, 4.69) is 10.6 Å². The van der Waals surface area contributed by atoms with Gasteiger partial charge in [0.05, 0.1) is 26.0 Å². The minimum absolute atomic E-state index is 0.155. The lowest BCUT2D eigenvalue weighted by Crippen LogP contribution is -2.32. The number of ether oxygens (including phenoxy) is 2. The Hall–Kier alpha value is -2.96. The zero-order valence-electron chi connectivity index (χ0n) is 13.6. The van der Waals surface area contributed by atoms with Crippen molar-refractivity contribution >= 4 is 17.5 Å². The fourth-order valence-corrected chi connectivity index (χ4v) is 1.99. The van der Waals surface area contributed by atoms with Gasteiger partial charge in [0.25, 0.3) is 5.91 Å². The van der Waals surface area contributed by atoms with Crippen LogP contribution in [-0.4, -0.2) is 31.6 Å². The van der Waals surface area contributed by atoms with Crippen LogP contribution in [0.4, 0.5) is 5.69 Å². The molecule has 0 aliphatic rings. The van der Waals surface area contributed by atoms with Crippen molar-refractivity contribution in [2.45, 2.75) is 13.8 Å². The van der Waals surface area contributed by atoms with Crippen molar-refractivity contribution < 1.29 is 23.5 Å². The number of furan rings is 1. The number of benzene rings is 1. The molecule has 0 unspecified atom stereocenters. The predicted molar refractivity (Wildman–Crippen MR) is 88.5 cm³/mol. The van der Waals surface area contributed by atoms with E-state index in [1.54, 1.807) is 24.3 Å². The van der Waals surface area contributed by atoms with Gasteiger partial charge in [-0.05, 0) is 38.1 Å². The van der Waals surface area contributed by atoms with E-state index in [1.807, 2.05) is 13.8 Å². The number of amides is 2. The lowest BCUT2D eigenvalue weighted by molar-refractivity contribution is -0.115. The number of nitrogens with one attached hydrogen (secondary N) is 2. The highest BCUT2D eigenvalue weighted by atomic mass is 16.5. The highest BCUT2D eigenvalue weighted by Gasteiger charge is 2.12. The van der Waals surface area contributed by atoms with Crippen molar-refractivity contribution in [1.29, 1.82) is 0 Å². The van der Waals surface area contributed by atoms with Gasteiger partial charge < -0.3 is 24.5 Å². The minimum Gasteiger partial charge on any atom is -0.490 e. The quantitative estimate of drug-likeness (QED) is 0.775. The zero-order chi connectivity index (χ0) is 17.4. The average Bonchev–Trinajstić information content (AvgIpc) is 3.10. The number of hydrogen-bond donors (Lipinski definition) is 2. The molecule has 0 radical (unpaired) electrons. The standard InChI is InChI=1S/C17H20N2O5/c1-3-22-13-8-7-12(10-15(13)23-4-2)19-16(20)11-18-17(21)14-6-5-9-24-14/h5-10H,3-4,11H2,1-2H3,(H,18,21)(H,19,20). The van der Waals surface area contributed by atoms with E-state index >= 15 is 0 Å². The molecule has 0 fully saturated rings. The predicted octanol–water partition coefficient (Wildman–Crippen LogP) is 2.45. The van der Waals surface area contributed by atoms with Crippen molar-refractivity contribution in [2.75, 3.05) is 25.1 Å². The van der Waals surface area contributed by atoms with E-state index in [1.165, 1.54) is 12.3 Å². The lowest BCUT2D eigenvalue weighted by Gasteiger charge is -2.13. The fourth-order valence-electron chi connectivity index (χ4n) is 1.99. The van der Waals surface area contributed by atoms with E-state index < -0.39 is 5.91 Å². The van der Waals surface area contributed by atoms with Crippen LogP contribution in [0.2, 0.25) is 0 Å². The molecule has 2 rings (SSSR count). The van der Waals surface area contributed by atoms with Crippen LogP contribution in [0.15, 0.2) is 41.0 Å². The molecule has 2 N–H and O–H groups in total. The number of hydrogen-bond acceptors (Lipinski definition) is 5. The lowest BCUT2D eigenvalue weighted by atomic mass is 10.2. The monoisotopic (exact) mass is 332 g/mol. The maximum Gasteiger partial charge on any atom is 0.287 e. The Bertz CT molecular complexity index is 682. The van der Waals surface area contributed by atoms with E-state index in [4.69, 9.17) is 13.9 Å². The molecule has 128 valence electrons. The highest BCUT2D eigenvalue weighted by Crippen LogP contribution is 2.30. The smallest absolute Gasteiger partial charge is 0.287 e. The maximum absolute atomic E-state index is 11.9. The van der Waals surface area contributed by atoms with Crippen LogP contribution >= 0.6 is 0 Å². The third kappa shape index (κ3) is 4.77. The second kappa shape index (κ2) is 8.61. The summed E-state index contributed by atoms with van der Waals surface area (Å²) in [5.41, 5.74) is 0.555. The third-order valence-electron chi connectivity index (χ3n) is 2.98. The van der Waals surface area contributed by atoms with Gasteiger partial charge in [-0.15, -0.1) is 0 Å². The Morgan fingerprint density at radius 2 is 1.83 bits per heavy atom. The molecule has 7 heteroatoms. The molecule has 1 aromatic carbocycles. The number of carbonyl (C=O) groups is 2. The van der Waals surface area contributed by atoms with Gasteiger partial charge in [-0.3, -0.25) is 9.59 Å². The molecule has 0 saturated heterocycles. The Balaban J connectivity index is 1.93. The SMILES string of the molecule is CCOc1ccc(NC(=O)CNC(=O)c2ccco2)cc1OCC. The number of rotatable bonds is 8. The topological polar surface area (TPSA) is 89.8 Å². The van der Waals surface area contributed by atoms with Crippen LogP contribution in [0.25, 0.3) is 0 Å². The first-order valence-electron chi connectivity index (χ1n) is 7.65. The van der Waals surface area contributed by atoms with E-state index in [-0.39, 0.29) is 18.2 Å². The number of anilines is 1. The average molecular weight is 332 g/mol. The van der Waals surface area contributed by atoms with Crippen LogP contribution in [-0.2, 0) is 4.79 Å². The molecular formula is C17H20N2O5. The summed E-state index contributed by atoms with van der Waals surface area (Å²) in [6, 6.07) is 8.24. The Kier molecular flexibility index (Phi) is 6.24. The zero-order valence-corrected chi connectivity index (χ0v) is 13.6. The van der Waals surface area contributed by atoms with Crippen molar-refractivity contribution in [2.24, 2.45) is 0 Å².